The monoisotopic (exact) mass is 309 g/mol. The molecular formula is C17H19N5O. The molecule has 4 rings (SSSR count). The Balaban J connectivity index is 1.61. The van der Waals surface area contributed by atoms with Gasteiger partial charge in [-0.05, 0) is 25.1 Å². The van der Waals surface area contributed by atoms with Crippen molar-refractivity contribution in [3.63, 3.8) is 0 Å². The highest BCUT2D eigenvalue weighted by Gasteiger charge is 2.25. The van der Waals surface area contributed by atoms with Gasteiger partial charge in [-0.1, -0.05) is 18.6 Å². The molecule has 0 radical (unpaired) electrons. The highest BCUT2D eigenvalue weighted by Crippen LogP contribution is 2.20. The summed E-state index contributed by atoms with van der Waals surface area (Å²) < 4.78 is 2.12. The maximum Gasteiger partial charge on any atom is 0.270 e. The third-order valence-electron chi connectivity index (χ3n) is 4.44. The molecule has 0 saturated heterocycles. The van der Waals surface area contributed by atoms with Crippen LogP contribution in [0.5, 0.6) is 0 Å². The SMILES string of the molecule is CCc1nnc2n1CCN(C(=O)c1cc3cc(C)ccc3[nH]1)C2. The number of hydrogen-bond donors (Lipinski definition) is 1. The third kappa shape index (κ3) is 2.30. The van der Waals surface area contributed by atoms with Crippen LogP contribution in [0.1, 0.15) is 34.6 Å². The minimum Gasteiger partial charge on any atom is -0.351 e. The van der Waals surface area contributed by atoms with E-state index in [1.807, 2.05) is 23.1 Å². The number of aromatic nitrogens is 4. The van der Waals surface area contributed by atoms with E-state index < -0.39 is 0 Å². The number of carbonyl (C=O) groups excluding carboxylic acids is 1. The van der Waals surface area contributed by atoms with Gasteiger partial charge in [0.15, 0.2) is 5.82 Å². The molecule has 0 spiro atoms. The Morgan fingerprint density at radius 2 is 2.13 bits per heavy atom. The molecule has 1 aliphatic rings. The molecule has 0 aliphatic carbocycles. The quantitative estimate of drug-likeness (QED) is 0.790. The molecule has 6 heteroatoms. The molecule has 1 aromatic carbocycles. The van der Waals surface area contributed by atoms with E-state index >= 15 is 0 Å². The van der Waals surface area contributed by atoms with Crippen molar-refractivity contribution in [1.29, 1.82) is 0 Å². The number of H-pyrrole nitrogens is 1. The molecule has 0 unspecified atom stereocenters. The van der Waals surface area contributed by atoms with Crippen LogP contribution in [0, 0.1) is 6.92 Å². The predicted molar refractivity (Wildman–Crippen MR) is 87.2 cm³/mol. The number of fused-ring (bicyclic) bond motifs is 2. The topological polar surface area (TPSA) is 66.8 Å². The number of carbonyl (C=O) groups is 1. The van der Waals surface area contributed by atoms with Gasteiger partial charge in [0.25, 0.3) is 5.91 Å². The molecule has 1 amide bonds. The fraction of sp³-hybridized carbons (Fsp3) is 0.353. The Kier molecular flexibility index (Phi) is 3.18. The fourth-order valence-corrected chi connectivity index (χ4v) is 3.19. The van der Waals surface area contributed by atoms with Crippen molar-refractivity contribution < 1.29 is 4.79 Å². The number of nitrogens with zero attached hydrogens (tertiary/aromatic N) is 4. The molecule has 0 fully saturated rings. The smallest absolute Gasteiger partial charge is 0.270 e. The van der Waals surface area contributed by atoms with Gasteiger partial charge in [0.1, 0.15) is 11.5 Å². The number of hydrogen-bond acceptors (Lipinski definition) is 3. The highest BCUT2D eigenvalue weighted by molar-refractivity contribution is 5.98. The normalized spacial score (nSPS) is 14.3. The number of nitrogens with one attached hydrogen (secondary N) is 1. The maximum absolute atomic E-state index is 12.8. The predicted octanol–water partition coefficient (Wildman–Crippen LogP) is 2.29. The van der Waals surface area contributed by atoms with Gasteiger partial charge in [-0.25, -0.2) is 0 Å². The Hall–Kier alpha value is -2.63. The number of benzene rings is 1. The molecule has 6 nitrogen and oxygen atoms in total. The van der Waals surface area contributed by atoms with E-state index in [1.54, 1.807) is 0 Å². The van der Waals surface area contributed by atoms with Crippen LogP contribution in [0.2, 0.25) is 0 Å². The van der Waals surface area contributed by atoms with Gasteiger partial charge in [0.05, 0.1) is 6.54 Å². The van der Waals surface area contributed by atoms with Gasteiger partial charge < -0.3 is 14.5 Å². The molecule has 0 atom stereocenters. The van der Waals surface area contributed by atoms with Crippen LogP contribution in [0.3, 0.4) is 0 Å². The molecule has 1 aliphatic heterocycles. The number of aromatic amines is 1. The summed E-state index contributed by atoms with van der Waals surface area (Å²) in [5.74, 6) is 1.88. The van der Waals surface area contributed by atoms with Gasteiger partial charge in [-0.2, -0.15) is 0 Å². The molecule has 23 heavy (non-hydrogen) atoms. The van der Waals surface area contributed by atoms with Gasteiger partial charge in [0, 0.05) is 30.4 Å². The molecule has 0 bridgehead atoms. The average molecular weight is 309 g/mol. The van der Waals surface area contributed by atoms with E-state index in [0.29, 0.717) is 18.8 Å². The second-order valence-electron chi connectivity index (χ2n) is 6.04. The maximum atomic E-state index is 12.8. The van der Waals surface area contributed by atoms with Crippen LogP contribution in [0.15, 0.2) is 24.3 Å². The second-order valence-corrected chi connectivity index (χ2v) is 6.04. The number of rotatable bonds is 2. The van der Waals surface area contributed by atoms with Crippen molar-refractivity contribution in [1.82, 2.24) is 24.6 Å². The summed E-state index contributed by atoms with van der Waals surface area (Å²) in [6.07, 6.45) is 0.863. The summed E-state index contributed by atoms with van der Waals surface area (Å²) in [6.45, 7) is 6.08. The van der Waals surface area contributed by atoms with E-state index in [1.165, 1.54) is 5.56 Å². The molecule has 1 N–H and O–H groups in total. The van der Waals surface area contributed by atoms with Crippen LogP contribution >= 0.6 is 0 Å². The van der Waals surface area contributed by atoms with Crippen molar-refractivity contribution in [2.24, 2.45) is 0 Å². The van der Waals surface area contributed by atoms with Crippen molar-refractivity contribution in [2.75, 3.05) is 6.54 Å². The molecule has 3 heterocycles. The summed E-state index contributed by atoms with van der Waals surface area (Å²) in [5, 5.41) is 9.48. The highest BCUT2D eigenvalue weighted by atomic mass is 16.2. The van der Waals surface area contributed by atoms with Gasteiger partial charge in [-0.3, -0.25) is 4.79 Å². The Labute approximate surface area is 134 Å². The zero-order valence-corrected chi connectivity index (χ0v) is 13.3. The molecule has 3 aromatic rings. The van der Waals surface area contributed by atoms with Crippen molar-refractivity contribution in [2.45, 2.75) is 33.4 Å². The fourth-order valence-electron chi connectivity index (χ4n) is 3.19. The third-order valence-corrected chi connectivity index (χ3v) is 4.44. The lowest BCUT2D eigenvalue weighted by atomic mass is 10.2. The van der Waals surface area contributed by atoms with Crippen LogP contribution in [-0.2, 0) is 19.5 Å². The van der Waals surface area contributed by atoms with Crippen LogP contribution < -0.4 is 0 Å². The van der Waals surface area contributed by atoms with E-state index in [-0.39, 0.29) is 5.91 Å². The summed E-state index contributed by atoms with van der Waals surface area (Å²) >= 11 is 0. The van der Waals surface area contributed by atoms with Crippen molar-refractivity contribution in [3.8, 4) is 0 Å². The van der Waals surface area contributed by atoms with Gasteiger partial charge in [0.2, 0.25) is 0 Å². The first-order valence-electron chi connectivity index (χ1n) is 7.95. The van der Waals surface area contributed by atoms with Crippen LogP contribution in [0.4, 0.5) is 0 Å². The van der Waals surface area contributed by atoms with Crippen LogP contribution in [0.25, 0.3) is 10.9 Å². The summed E-state index contributed by atoms with van der Waals surface area (Å²) in [4.78, 5) is 17.8. The zero-order valence-electron chi connectivity index (χ0n) is 13.3. The van der Waals surface area contributed by atoms with Crippen molar-refractivity contribution in [3.05, 3.63) is 47.2 Å². The van der Waals surface area contributed by atoms with Crippen LogP contribution in [-0.4, -0.2) is 37.1 Å². The molecule has 0 saturated carbocycles. The van der Waals surface area contributed by atoms with Crippen molar-refractivity contribution >= 4 is 16.8 Å². The largest absolute Gasteiger partial charge is 0.351 e. The second kappa shape index (κ2) is 5.22. The van der Waals surface area contributed by atoms with E-state index in [0.717, 1.165) is 35.5 Å². The number of amides is 1. The van der Waals surface area contributed by atoms with E-state index in [2.05, 4.69) is 39.7 Å². The first-order valence-corrected chi connectivity index (χ1v) is 7.95. The molecular weight excluding hydrogens is 290 g/mol. The lowest BCUT2D eigenvalue weighted by Gasteiger charge is -2.27. The van der Waals surface area contributed by atoms with E-state index in [4.69, 9.17) is 0 Å². The lowest BCUT2D eigenvalue weighted by molar-refractivity contribution is 0.0701. The summed E-state index contributed by atoms with van der Waals surface area (Å²) in [6, 6.07) is 8.08. The average Bonchev–Trinajstić information content (AvgIpc) is 3.16. The Morgan fingerprint density at radius 3 is 2.96 bits per heavy atom. The minimum absolute atomic E-state index is 0.0196. The summed E-state index contributed by atoms with van der Waals surface area (Å²) in [5.41, 5.74) is 2.82. The Morgan fingerprint density at radius 1 is 1.26 bits per heavy atom. The zero-order chi connectivity index (χ0) is 16.0. The molecule has 2 aromatic heterocycles. The van der Waals surface area contributed by atoms with Gasteiger partial charge in [-0.15, -0.1) is 10.2 Å². The minimum atomic E-state index is 0.0196. The van der Waals surface area contributed by atoms with E-state index in [9.17, 15) is 4.79 Å². The molecule has 118 valence electrons. The Bertz CT molecular complexity index is 892. The number of aryl methyl sites for hydroxylation is 2. The lowest BCUT2D eigenvalue weighted by Crippen LogP contribution is -2.38. The first-order chi connectivity index (χ1) is 11.2. The standard InChI is InChI=1S/C17H19N5O/c1-3-15-19-20-16-10-21(6-7-22(15)16)17(23)14-9-12-8-11(2)4-5-13(12)18-14/h4-5,8-9,18H,3,6-7,10H2,1-2H3. The van der Waals surface area contributed by atoms with Gasteiger partial charge >= 0.3 is 0 Å². The first kappa shape index (κ1) is 14.0. The summed E-state index contributed by atoms with van der Waals surface area (Å²) in [7, 11) is 0.